The van der Waals surface area contributed by atoms with Crippen LogP contribution in [0.1, 0.15) is 55.5 Å². The lowest BCUT2D eigenvalue weighted by molar-refractivity contribution is -0.166. The van der Waals surface area contributed by atoms with Crippen LogP contribution in [0.15, 0.2) is 83.8 Å². The van der Waals surface area contributed by atoms with Crippen LogP contribution in [0.2, 0.25) is 0 Å². The highest BCUT2D eigenvalue weighted by Crippen LogP contribution is 2.47. The van der Waals surface area contributed by atoms with Crippen molar-refractivity contribution in [3.05, 3.63) is 112 Å². The number of rotatable bonds is 7. The van der Waals surface area contributed by atoms with Crippen LogP contribution in [0.5, 0.6) is 5.75 Å². The summed E-state index contributed by atoms with van der Waals surface area (Å²) in [6, 6.07) is 20.0. The third-order valence-electron chi connectivity index (χ3n) is 7.39. The second kappa shape index (κ2) is 12.3. The molecule has 4 aromatic rings. The minimum atomic E-state index is -4.82. The summed E-state index contributed by atoms with van der Waals surface area (Å²) in [7, 11) is 1.12. The Bertz CT molecular complexity index is 1720. The predicted octanol–water partition coefficient (Wildman–Crippen LogP) is 7.60. The van der Waals surface area contributed by atoms with Crippen molar-refractivity contribution in [2.75, 3.05) is 13.7 Å². The number of methoxy groups -OCH3 is 1. The lowest BCUT2D eigenvalue weighted by Gasteiger charge is -2.31. The molecular formula is C35H34F3NO5. The number of carbonyl (C=O) groups is 1. The summed E-state index contributed by atoms with van der Waals surface area (Å²) in [6.07, 6.45) is -3.44. The number of benzene rings is 3. The van der Waals surface area contributed by atoms with Gasteiger partial charge in [-0.2, -0.15) is 13.2 Å². The highest BCUT2D eigenvalue weighted by Gasteiger charge is 2.42. The number of esters is 1. The number of nitrogens with zero attached hydrogens (tertiary/aromatic N) is 1. The average molecular weight is 606 g/mol. The molecule has 0 spiro atoms. The molecular weight excluding hydrogens is 571 g/mol. The fourth-order valence-corrected chi connectivity index (χ4v) is 5.49. The number of ether oxygens (including phenoxy) is 3. The molecule has 44 heavy (non-hydrogen) atoms. The predicted molar refractivity (Wildman–Crippen MR) is 162 cm³/mol. The summed E-state index contributed by atoms with van der Waals surface area (Å²) in [6.45, 7) is 5.81. The fraction of sp³-hybridized carbons (Fsp3) is 0.314. The maximum atomic E-state index is 14.8. The van der Waals surface area contributed by atoms with Crippen LogP contribution in [0.3, 0.4) is 0 Å². The maximum Gasteiger partial charge on any atom is 0.416 e. The minimum Gasteiger partial charge on any atom is -0.493 e. The molecule has 0 fully saturated rings. The van der Waals surface area contributed by atoms with E-state index in [9.17, 15) is 22.8 Å². The van der Waals surface area contributed by atoms with Gasteiger partial charge in [0.15, 0.2) is 6.10 Å². The van der Waals surface area contributed by atoms with Crippen LogP contribution in [0, 0.1) is 0 Å². The van der Waals surface area contributed by atoms with E-state index in [1.165, 1.54) is 16.7 Å². The van der Waals surface area contributed by atoms with Gasteiger partial charge in [0.25, 0.3) is 5.56 Å². The third-order valence-corrected chi connectivity index (χ3v) is 7.39. The number of aryl methyl sites for hydroxylation is 1. The second-order valence-electron chi connectivity index (χ2n) is 11.7. The zero-order valence-corrected chi connectivity index (χ0v) is 25.0. The molecule has 9 heteroatoms. The van der Waals surface area contributed by atoms with Gasteiger partial charge in [0, 0.05) is 17.8 Å². The van der Waals surface area contributed by atoms with Crippen molar-refractivity contribution in [2.24, 2.45) is 0 Å². The summed E-state index contributed by atoms with van der Waals surface area (Å²) in [5.41, 5.74) is 0.633. The van der Waals surface area contributed by atoms with E-state index in [2.05, 4.69) is 0 Å². The van der Waals surface area contributed by atoms with Gasteiger partial charge in [0.05, 0.1) is 31.4 Å². The molecule has 0 N–H and O–H groups in total. The molecule has 0 radical (unpaired) electrons. The van der Waals surface area contributed by atoms with Crippen LogP contribution in [-0.2, 0) is 33.4 Å². The van der Waals surface area contributed by atoms with Crippen molar-refractivity contribution in [3.8, 4) is 28.0 Å². The van der Waals surface area contributed by atoms with Crippen molar-refractivity contribution < 1.29 is 32.2 Å². The Kier molecular flexibility index (Phi) is 8.70. The summed E-state index contributed by atoms with van der Waals surface area (Å²) < 4.78 is 62.7. The number of fused-ring (bicyclic) bond motifs is 1. The molecule has 1 unspecified atom stereocenters. The van der Waals surface area contributed by atoms with Crippen LogP contribution in [0.4, 0.5) is 13.2 Å². The molecule has 2 heterocycles. The molecule has 1 aromatic heterocycles. The molecule has 1 aliphatic rings. The van der Waals surface area contributed by atoms with E-state index >= 15 is 0 Å². The molecule has 6 nitrogen and oxygen atoms in total. The Hall–Kier alpha value is -4.37. The molecule has 0 amide bonds. The van der Waals surface area contributed by atoms with Crippen molar-refractivity contribution in [3.63, 3.8) is 0 Å². The van der Waals surface area contributed by atoms with Crippen LogP contribution >= 0.6 is 0 Å². The number of carbonyl (C=O) groups excluding carboxylic acids is 1. The number of hydrogen-bond donors (Lipinski definition) is 0. The van der Waals surface area contributed by atoms with Crippen LogP contribution in [-0.4, -0.2) is 29.9 Å². The van der Waals surface area contributed by atoms with Gasteiger partial charge in [-0.15, -0.1) is 0 Å². The zero-order chi connectivity index (χ0) is 31.6. The van der Waals surface area contributed by atoms with Crippen molar-refractivity contribution in [1.29, 1.82) is 0 Å². The van der Waals surface area contributed by atoms with Gasteiger partial charge < -0.3 is 18.8 Å². The average Bonchev–Trinajstić information content (AvgIpc) is 2.99. The first-order valence-corrected chi connectivity index (χ1v) is 14.4. The highest BCUT2D eigenvalue weighted by molar-refractivity contribution is 5.91. The minimum absolute atomic E-state index is 0.165. The molecule has 230 valence electrons. The molecule has 0 saturated carbocycles. The second-order valence-corrected chi connectivity index (χ2v) is 11.7. The molecule has 0 saturated heterocycles. The van der Waals surface area contributed by atoms with E-state index in [1.807, 2.05) is 36.4 Å². The molecule has 0 aliphatic carbocycles. The maximum absolute atomic E-state index is 14.8. The van der Waals surface area contributed by atoms with Gasteiger partial charge >= 0.3 is 12.1 Å². The number of hydrogen-bond acceptors (Lipinski definition) is 5. The summed E-state index contributed by atoms with van der Waals surface area (Å²) in [4.78, 5) is 26.1. The van der Waals surface area contributed by atoms with E-state index in [-0.39, 0.29) is 23.2 Å². The van der Waals surface area contributed by atoms with Crippen LogP contribution < -0.4 is 10.3 Å². The van der Waals surface area contributed by atoms with Crippen molar-refractivity contribution >= 4 is 5.97 Å². The van der Waals surface area contributed by atoms with Gasteiger partial charge in [0.2, 0.25) is 0 Å². The molecule has 1 atom stereocenters. The fourth-order valence-electron chi connectivity index (χ4n) is 5.49. The first-order valence-electron chi connectivity index (χ1n) is 14.4. The van der Waals surface area contributed by atoms with Crippen LogP contribution in [0.25, 0.3) is 22.3 Å². The van der Waals surface area contributed by atoms with E-state index in [0.717, 1.165) is 30.7 Å². The number of aromatic nitrogens is 1. The van der Waals surface area contributed by atoms with E-state index in [4.69, 9.17) is 14.2 Å². The quantitative estimate of drug-likeness (QED) is 0.203. The number of pyridine rings is 1. The zero-order valence-electron chi connectivity index (χ0n) is 25.0. The highest BCUT2D eigenvalue weighted by atomic mass is 19.4. The van der Waals surface area contributed by atoms with Gasteiger partial charge in [-0.3, -0.25) is 4.79 Å². The summed E-state index contributed by atoms with van der Waals surface area (Å²) in [5, 5.41) is 0. The Labute approximate surface area is 254 Å². The Morgan fingerprint density at radius 2 is 1.70 bits per heavy atom. The van der Waals surface area contributed by atoms with Crippen molar-refractivity contribution in [2.45, 2.75) is 58.0 Å². The summed E-state index contributed by atoms with van der Waals surface area (Å²) in [5.74, 6) is -0.291. The monoisotopic (exact) mass is 605 g/mol. The lowest BCUT2D eigenvalue weighted by atomic mass is 9.84. The first kappa shape index (κ1) is 31.1. The molecule has 3 aromatic carbocycles. The largest absolute Gasteiger partial charge is 0.493 e. The number of halogens is 3. The smallest absolute Gasteiger partial charge is 0.416 e. The molecule has 5 rings (SSSR count). The number of alkyl halides is 3. The topological polar surface area (TPSA) is 66.8 Å². The Morgan fingerprint density at radius 3 is 2.39 bits per heavy atom. The standard InChI is InChI=1S/C35H34F3NO5/c1-34(2,3)44-32(33(41)42-4)31-27(35(36,37)38)15-14-26(30(31)24-12-16-28-23(19-24)11-8-18-43-28)25-13-17-29(40)39(21-25)20-22-9-6-5-7-10-22/h5-7,9-10,12-17,19,21,32H,8,11,18,20H2,1-4H3. The van der Waals surface area contributed by atoms with Crippen molar-refractivity contribution in [1.82, 2.24) is 4.57 Å². The third kappa shape index (κ3) is 6.73. The van der Waals surface area contributed by atoms with E-state index in [0.29, 0.717) is 35.5 Å². The van der Waals surface area contributed by atoms with E-state index < -0.39 is 29.4 Å². The van der Waals surface area contributed by atoms with E-state index in [1.54, 1.807) is 45.2 Å². The molecule has 0 bridgehead atoms. The van der Waals surface area contributed by atoms with Gasteiger partial charge in [-0.05, 0) is 91.3 Å². The SMILES string of the molecule is COC(=O)C(OC(C)(C)C)c1c(C(F)(F)F)ccc(-c2ccc(=O)n(Cc3ccccc3)c2)c1-c1ccc2c(c1)CCCO2. The Balaban J connectivity index is 1.83. The lowest BCUT2D eigenvalue weighted by Crippen LogP contribution is -2.30. The normalized spacial score (nSPS) is 14.0. The van der Waals surface area contributed by atoms with Gasteiger partial charge in [-0.25, -0.2) is 4.79 Å². The Morgan fingerprint density at radius 1 is 0.977 bits per heavy atom. The summed E-state index contributed by atoms with van der Waals surface area (Å²) >= 11 is 0. The molecule has 1 aliphatic heterocycles. The first-order chi connectivity index (χ1) is 20.9. The van der Waals surface area contributed by atoms with Gasteiger partial charge in [-0.1, -0.05) is 42.5 Å². The van der Waals surface area contributed by atoms with Gasteiger partial charge in [0.1, 0.15) is 5.75 Å².